The minimum Gasteiger partial charge on any atom is -0.493 e. The number of ether oxygens (including phenoxy) is 3. The van der Waals surface area contributed by atoms with E-state index >= 15 is 0 Å². The van der Waals surface area contributed by atoms with Crippen LogP contribution in [0.2, 0.25) is 0 Å². The molecule has 30 heavy (non-hydrogen) atoms. The fourth-order valence-electron chi connectivity index (χ4n) is 3.01. The maximum Gasteiger partial charge on any atom is 0.291 e. The first-order valence-corrected chi connectivity index (χ1v) is 9.25. The van der Waals surface area contributed by atoms with Crippen molar-refractivity contribution in [2.45, 2.75) is 6.61 Å². The Balaban J connectivity index is 1.53. The van der Waals surface area contributed by atoms with E-state index in [1.54, 1.807) is 56.9 Å². The van der Waals surface area contributed by atoms with Crippen molar-refractivity contribution in [1.29, 1.82) is 0 Å². The lowest BCUT2D eigenvalue weighted by atomic mass is 10.2. The molecule has 0 atom stereocenters. The van der Waals surface area contributed by atoms with Gasteiger partial charge in [0.25, 0.3) is 5.91 Å². The number of amides is 1. The van der Waals surface area contributed by atoms with Crippen molar-refractivity contribution in [1.82, 2.24) is 4.98 Å². The van der Waals surface area contributed by atoms with Crippen molar-refractivity contribution in [3.63, 3.8) is 0 Å². The molecule has 0 aliphatic rings. The fraction of sp³-hybridized carbons (Fsp3) is 0.130. The van der Waals surface area contributed by atoms with E-state index < -0.39 is 0 Å². The summed E-state index contributed by atoms with van der Waals surface area (Å²) in [5, 5.41) is 3.61. The van der Waals surface area contributed by atoms with Crippen molar-refractivity contribution in [3.05, 3.63) is 78.3 Å². The number of anilines is 1. The van der Waals surface area contributed by atoms with E-state index in [2.05, 4.69) is 10.3 Å². The van der Waals surface area contributed by atoms with Crippen LogP contribution in [0.15, 0.2) is 71.4 Å². The van der Waals surface area contributed by atoms with E-state index in [-0.39, 0.29) is 11.7 Å². The number of methoxy groups -OCH3 is 2. The highest BCUT2D eigenvalue weighted by molar-refractivity contribution is 6.05. The van der Waals surface area contributed by atoms with E-state index in [0.717, 1.165) is 10.9 Å². The molecule has 0 saturated heterocycles. The van der Waals surface area contributed by atoms with E-state index in [1.165, 1.54) is 0 Å². The van der Waals surface area contributed by atoms with Crippen LogP contribution in [0.25, 0.3) is 11.0 Å². The van der Waals surface area contributed by atoms with Gasteiger partial charge in [-0.05, 0) is 30.3 Å². The average Bonchev–Trinajstić information content (AvgIpc) is 3.23. The van der Waals surface area contributed by atoms with Gasteiger partial charge in [0.1, 0.15) is 6.61 Å². The number of nitrogens with zero attached hydrogens (tertiary/aromatic N) is 1. The van der Waals surface area contributed by atoms with Crippen molar-refractivity contribution < 1.29 is 23.4 Å². The van der Waals surface area contributed by atoms with Crippen LogP contribution in [0.4, 0.5) is 5.69 Å². The summed E-state index contributed by atoms with van der Waals surface area (Å²) in [5.74, 6) is 1.44. The molecule has 0 unspecified atom stereocenters. The Morgan fingerprint density at radius 1 is 1.00 bits per heavy atom. The number of benzene rings is 2. The highest BCUT2D eigenvalue weighted by atomic mass is 16.5. The molecule has 4 aromatic rings. The van der Waals surface area contributed by atoms with Crippen LogP contribution in [0, 0.1) is 0 Å². The van der Waals surface area contributed by atoms with Crippen LogP contribution in [0.5, 0.6) is 17.2 Å². The summed E-state index contributed by atoms with van der Waals surface area (Å²) in [7, 11) is 3.12. The monoisotopic (exact) mass is 404 g/mol. The molecule has 2 aromatic heterocycles. The molecule has 1 amide bonds. The Labute approximate surface area is 173 Å². The fourth-order valence-corrected chi connectivity index (χ4v) is 3.01. The number of para-hydroxylation sites is 1. The van der Waals surface area contributed by atoms with Gasteiger partial charge < -0.3 is 23.9 Å². The number of furan rings is 1. The second-order valence-corrected chi connectivity index (χ2v) is 6.46. The summed E-state index contributed by atoms with van der Waals surface area (Å²) >= 11 is 0. The third kappa shape index (κ3) is 4.05. The van der Waals surface area contributed by atoms with Gasteiger partial charge in [-0.3, -0.25) is 9.78 Å². The number of carbonyl (C=O) groups is 1. The van der Waals surface area contributed by atoms with Gasteiger partial charge >= 0.3 is 0 Å². The van der Waals surface area contributed by atoms with Crippen molar-refractivity contribution >= 4 is 22.6 Å². The van der Waals surface area contributed by atoms with Crippen LogP contribution in [-0.2, 0) is 6.61 Å². The Hall–Kier alpha value is -4.00. The number of fused-ring (bicyclic) bond motifs is 1. The summed E-state index contributed by atoms with van der Waals surface area (Å²) in [6, 6.07) is 16.1. The van der Waals surface area contributed by atoms with E-state index in [9.17, 15) is 4.79 Å². The van der Waals surface area contributed by atoms with Crippen molar-refractivity contribution in [2.24, 2.45) is 0 Å². The second kappa shape index (κ2) is 8.57. The molecular formula is C23H20N2O5. The summed E-state index contributed by atoms with van der Waals surface area (Å²) in [6.07, 6.45) is 3.43. The first kappa shape index (κ1) is 19.3. The SMILES string of the molecule is COc1ccc(NC(=O)c2cc3cccc(OC)c3o2)cc1OCc1cccnc1. The van der Waals surface area contributed by atoms with E-state index in [0.29, 0.717) is 35.1 Å². The van der Waals surface area contributed by atoms with Gasteiger partial charge in [-0.2, -0.15) is 0 Å². The number of nitrogens with one attached hydrogen (secondary N) is 1. The van der Waals surface area contributed by atoms with E-state index in [1.807, 2.05) is 24.3 Å². The quantitative estimate of drug-likeness (QED) is 0.482. The molecule has 152 valence electrons. The van der Waals surface area contributed by atoms with Crippen LogP contribution < -0.4 is 19.5 Å². The molecule has 7 heteroatoms. The average molecular weight is 404 g/mol. The van der Waals surface area contributed by atoms with Crippen LogP contribution >= 0.6 is 0 Å². The van der Waals surface area contributed by atoms with Crippen molar-refractivity contribution in [2.75, 3.05) is 19.5 Å². The number of hydrogen-bond acceptors (Lipinski definition) is 6. The molecule has 0 bridgehead atoms. The molecule has 0 spiro atoms. The molecule has 0 aliphatic carbocycles. The van der Waals surface area contributed by atoms with Crippen molar-refractivity contribution in [3.8, 4) is 17.2 Å². The van der Waals surface area contributed by atoms with Gasteiger partial charge in [-0.25, -0.2) is 0 Å². The summed E-state index contributed by atoms with van der Waals surface area (Å²) in [4.78, 5) is 16.8. The van der Waals surface area contributed by atoms with Crippen LogP contribution in [0.3, 0.4) is 0 Å². The Kier molecular flexibility index (Phi) is 5.52. The summed E-state index contributed by atoms with van der Waals surface area (Å²) in [6.45, 7) is 0.324. The summed E-state index contributed by atoms with van der Waals surface area (Å²) in [5.41, 5.74) is 2.00. The van der Waals surface area contributed by atoms with Gasteiger partial charge in [0.2, 0.25) is 0 Å². The predicted octanol–water partition coefficient (Wildman–Crippen LogP) is 4.68. The topological polar surface area (TPSA) is 82.8 Å². The molecule has 1 N–H and O–H groups in total. The largest absolute Gasteiger partial charge is 0.493 e. The molecule has 0 saturated carbocycles. The zero-order valence-corrected chi connectivity index (χ0v) is 16.5. The third-order valence-corrected chi connectivity index (χ3v) is 4.49. The van der Waals surface area contributed by atoms with Gasteiger partial charge in [-0.15, -0.1) is 0 Å². The maximum absolute atomic E-state index is 12.7. The molecule has 4 rings (SSSR count). The van der Waals surface area contributed by atoms with Crippen LogP contribution in [0.1, 0.15) is 16.1 Å². The highest BCUT2D eigenvalue weighted by Gasteiger charge is 2.16. The molecule has 2 aromatic carbocycles. The number of carbonyl (C=O) groups excluding carboxylic acids is 1. The number of rotatable bonds is 7. The molecule has 0 fully saturated rings. The minimum atomic E-state index is -0.378. The number of pyridine rings is 1. The standard InChI is InChI=1S/C23H20N2O5/c1-27-18-9-8-17(12-20(18)29-14-15-5-4-10-24-13-15)25-23(26)21-11-16-6-3-7-19(28-2)22(16)30-21/h3-13H,14H2,1-2H3,(H,25,26). The van der Waals surface area contributed by atoms with Gasteiger partial charge in [0.15, 0.2) is 28.6 Å². The number of aromatic nitrogens is 1. The molecule has 0 radical (unpaired) electrons. The lowest BCUT2D eigenvalue weighted by molar-refractivity contribution is 0.0998. The summed E-state index contributed by atoms with van der Waals surface area (Å²) < 4.78 is 22.2. The minimum absolute atomic E-state index is 0.183. The predicted molar refractivity (Wildman–Crippen MR) is 112 cm³/mol. The first-order valence-electron chi connectivity index (χ1n) is 9.25. The van der Waals surface area contributed by atoms with Crippen LogP contribution in [-0.4, -0.2) is 25.1 Å². The smallest absolute Gasteiger partial charge is 0.291 e. The lowest BCUT2D eigenvalue weighted by Gasteiger charge is -2.12. The third-order valence-electron chi connectivity index (χ3n) is 4.49. The lowest BCUT2D eigenvalue weighted by Crippen LogP contribution is -2.11. The molecule has 0 aliphatic heterocycles. The maximum atomic E-state index is 12.7. The highest BCUT2D eigenvalue weighted by Crippen LogP contribution is 2.32. The Morgan fingerprint density at radius 2 is 1.87 bits per heavy atom. The molecule has 7 nitrogen and oxygen atoms in total. The van der Waals surface area contributed by atoms with Gasteiger partial charge in [-0.1, -0.05) is 18.2 Å². The molecule has 2 heterocycles. The first-order chi connectivity index (χ1) is 14.7. The Morgan fingerprint density at radius 3 is 2.63 bits per heavy atom. The van der Waals surface area contributed by atoms with E-state index in [4.69, 9.17) is 18.6 Å². The van der Waals surface area contributed by atoms with Gasteiger partial charge in [0, 0.05) is 35.1 Å². The zero-order chi connectivity index (χ0) is 20.9. The second-order valence-electron chi connectivity index (χ2n) is 6.46. The van der Waals surface area contributed by atoms with Gasteiger partial charge in [0.05, 0.1) is 14.2 Å². The number of hydrogen-bond donors (Lipinski definition) is 1. The zero-order valence-electron chi connectivity index (χ0n) is 16.5. The normalized spacial score (nSPS) is 10.6. The Bertz CT molecular complexity index is 1170. The molecular weight excluding hydrogens is 384 g/mol.